The van der Waals surface area contributed by atoms with Gasteiger partial charge in [0.2, 0.25) is 0 Å². The van der Waals surface area contributed by atoms with Gasteiger partial charge in [0.15, 0.2) is 17.7 Å². The van der Waals surface area contributed by atoms with E-state index in [2.05, 4.69) is 15.0 Å². The van der Waals surface area contributed by atoms with Crippen molar-refractivity contribution in [2.75, 3.05) is 26.6 Å². The van der Waals surface area contributed by atoms with E-state index < -0.39 is 18.4 Å². The molecular weight excluding hydrogens is 278 g/mol. The molecule has 2 aromatic rings. The summed E-state index contributed by atoms with van der Waals surface area (Å²) in [6, 6.07) is 0. The maximum atomic E-state index is 9.42. The van der Waals surface area contributed by atoms with Gasteiger partial charge in [0, 0.05) is 14.2 Å². The average molecular weight is 295 g/mol. The van der Waals surface area contributed by atoms with E-state index in [1.807, 2.05) is 0 Å². The SMILES string of the molecule is COC1[C@@H](OC)[C@@H](CO)O[C@H]1n1cnc2c(N)ncnc21. The highest BCUT2D eigenvalue weighted by molar-refractivity contribution is 5.81. The molecule has 3 N–H and O–H groups in total. The van der Waals surface area contributed by atoms with Gasteiger partial charge in [-0.25, -0.2) is 15.0 Å². The zero-order chi connectivity index (χ0) is 15.0. The van der Waals surface area contributed by atoms with Gasteiger partial charge >= 0.3 is 0 Å². The first-order valence-electron chi connectivity index (χ1n) is 6.46. The molecule has 1 unspecified atom stereocenters. The largest absolute Gasteiger partial charge is 0.394 e. The van der Waals surface area contributed by atoms with Gasteiger partial charge in [0.05, 0.1) is 12.9 Å². The van der Waals surface area contributed by atoms with Crippen LogP contribution in [0.25, 0.3) is 11.2 Å². The van der Waals surface area contributed by atoms with Crippen molar-refractivity contribution in [3.05, 3.63) is 12.7 Å². The van der Waals surface area contributed by atoms with Crippen molar-refractivity contribution in [2.45, 2.75) is 24.5 Å². The number of aliphatic hydroxyl groups is 1. The zero-order valence-electron chi connectivity index (χ0n) is 11.7. The lowest BCUT2D eigenvalue weighted by atomic mass is 10.1. The van der Waals surface area contributed by atoms with Gasteiger partial charge in [-0.15, -0.1) is 0 Å². The van der Waals surface area contributed by atoms with E-state index in [0.29, 0.717) is 17.0 Å². The van der Waals surface area contributed by atoms with Gasteiger partial charge in [-0.2, -0.15) is 0 Å². The molecule has 114 valence electrons. The van der Waals surface area contributed by atoms with Crippen LogP contribution in [0.1, 0.15) is 6.23 Å². The molecule has 0 saturated carbocycles. The van der Waals surface area contributed by atoms with Crippen molar-refractivity contribution in [2.24, 2.45) is 0 Å². The Labute approximate surface area is 120 Å². The normalized spacial score (nSPS) is 29.3. The summed E-state index contributed by atoms with van der Waals surface area (Å²) in [6.45, 7) is -0.168. The Kier molecular flexibility index (Phi) is 3.72. The molecule has 1 aliphatic rings. The van der Waals surface area contributed by atoms with Gasteiger partial charge in [-0.05, 0) is 0 Å². The summed E-state index contributed by atoms with van der Waals surface area (Å²) in [5.41, 5.74) is 6.82. The van der Waals surface area contributed by atoms with Gasteiger partial charge in [-0.1, -0.05) is 0 Å². The Morgan fingerprint density at radius 2 is 2.05 bits per heavy atom. The third-order valence-electron chi connectivity index (χ3n) is 3.67. The number of aliphatic hydroxyl groups excluding tert-OH is 1. The first-order chi connectivity index (χ1) is 10.2. The Bertz CT molecular complexity index is 633. The summed E-state index contributed by atoms with van der Waals surface area (Å²) in [4.78, 5) is 12.3. The van der Waals surface area contributed by atoms with Gasteiger partial charge < -0.3 is 25.1 Å². The minimum absolute atomic E-state index is 0.168. The lowest BCUT2D eigenvalue weighted by Gasteiger charge is -2.21. The second kappa shape index (κ2) is 5.53. The fourth-order valence-electron chi connectivity index (χ4n) is 2.67. The number of nitrogens with zero attached hydrogens (tertiary/aromatic N) is 4. The van der Waals surface area contributed by atoms with Crippen molar-refractivity contribution >= 4 is 17.0 Å². The molecule has 0 spiro atoms. The molecule has 0 amide bonds. The lowest BCUT2D eigenvalue weighted by Crippen LogP contribution is -2.36. The Balaban J connectivity index is 2.03. The number of ether oxygens (including phenoxy) is 3. The number of nitrogen functional groups attached to an aromatic ring is 1. The molecule has 0 radical (unpaired) electrons. The molecule has 0 bridgehead atoms. The third-order valence-corrected chi connectivity index (χ3v) is 3.67. The van der Waals surface area contributed by atoms with Crippen molar-refractivity contribution in [1.29, 1.82) is 0 Å². The van der Waals surface area contributed by atoms with E-state index in [4.69, 9.17) is 19.9 Å². The molecule has 9 nitrogen and oxygen atoms in total. The fraction of sp³-hybridized carbons (Fsp3) is 0.583. The number of hydrogen-bond donors (Lipinski definition) is 2. The van der Waals surface area contributed by atoms with Crippen LogP contribution in [0.3, 0.4) is 0 Å². The first kappa shape index (κ1) is 14.1. The third kappa shape index (κ3) is 2.14. The molecule has 21 heavy (non-hydrogen) atoms. The minimum Gasteiger partial charge on any atom is -0.394 e. The molecule has 1 fully saturated rings. The number of fused-ring (bicyclic) bond motifs is 1. The molecular formula is C12H17N5O4. The average Bonchev–Trinajstić information content (AvgIpc) is 3.07. The standard InChI is InChI=1S/C12H17N5O4/c1-19-8-6(3-18)21-12(9(8)20-2)17-5-16-7-10(13)14-4-15-11(7)17/h4-6,8-9,12,18H,3H2,1-2H3,(H2,13,14,15)/t6-,8+,9?,12-/m1/s1. The highest BCUT2D eigenvalue weighted by Gasteiger charge is 2.46. The maximum absolute atomic E-state index is 9.42. The van der Waals surface area contributed by atoms with Crippen LogP contribution in [0.2, 0.25) is 0 Å². The van der Waals surface area contributed by atoms with Crippen LogP contribution in [0.4, 0.5) is 5.82 Å². The van der Waals surface area contributed by atoms with Crippen LogP contribution in [-0.4, -0.2) is 63.8 Å². The topological polar surface area (TPSA) is 118 Å². The number of rotatable bonds is 4. The molecule has 4 atom stereocenters. The van der Waals surface area contributed by atoms with Crippen molar-refractivity contribution in [3.63, 3.8) is 0 Å². The molecule has 9 heteroatoms. The molecule has 0 aromatic carbocycles. The highest BCUT2D eigenvalue weighted by Crippen LogP contribution is 2.34. The molecule has 3 heterocycles. The van der Waals surface area contributed by atoms with Gasteiger partial charge in [-0.3, -0.25) is 4.57 Å². The summed E-state index contributed by atoms with van der Waals surface area (Å²) in [6.07, 6.45) is 1.14. The quantitative estimate of drug-likeness (QED) is 0.762. The number of imidazole rings is 1. The number of methoxy groups -OCH3 is 2. The van der Waals surface area contributed by atoms with E-state index in [1.54, 1.807) is 25.1 Å². The van der Waals surface area contributed by atoms with E-state index >= 15 is 0 Å². The molecule has 3 rings (SSSR count). The monoisotopic (exact) mass is 295 g/mol. The van der Waals surface area contributed by atoms with Crippen LogP contribution in [-0.2, 0) is 14.2 Å². The molecule has 2 aromatic heterocycles. The smallest absolute Gasteiger partial charge is 0.167 e. The van der Waals surface area contributed by atoms with Crippen LogP contribution >= 0.6 is 0 Å². The fourth-order valence-corrected chi connectivity index (χ4v) is 2.67. The van der Waals surface area contributed by atoms with E-state index in [9.17, 15) is 5.11 Å². The van der Waals surface area contributed by atoms with Crippen LogP contribution in [0, 0.1) is 0 Å². The van der Waals surface area contributed by atoms with Crippen molar-refractivity contribution < 1.29 is 19.3 Å². The summed E-state index contributed by atoms with van der Waals surface area (Å²) < 4.78 is 18.4. The number of nitrogens with two attached hydrogens (primary N) is 1. The second-order valence-electron chi connectivity index (χ2n) is 4.73. The van der Waals surface area contributed by atoms with Crippen LogP contribution in [0.15, 0.2) is 12.7 Å². The summed E-state index contributed by atoms with van der Waals surface area (Å²) in [5.74, 6) is 0.299. The minimum atomic E-state index is -0.517. The predicted octanol–water partition coefficient (Wildman–Crippen LogP) is -0.672. The first-order valence-corrected chi connectivity index (χ1v) is 6.46. The second-order valence-corrected chi connectivity index (χ2v) is 4.73. The summed E-state index contributed by atoms with van der Waals surface area (Å²) >= 11 is 0. The van der Waals surface area contributed by atoms with E-state index in [1.165, 1.54) is 6.33 Å². The van der Waals surface area contributed by atoms with E-state index in [0.717, 1.165) is 0 Å². The molecule has 1 saturated heterocycles. The van der Waals surface area contributed by atoms with Crippen LogP contribution in [0.5, 0.6) is 0 Å². The Hall–Kier alpha value is -1.81. The zero-order valence-corrected chi connectivity index (χ0v) is 11.7. The van der Waals surface area contributed by atoms with Crippen molar-refractivity contribution in [3.8, 4) is 0 Å². The highest BCUT2D eigenvalue weighted by atomic mass is 16.6. The van der Waals surface area contributed by atoms with E-state index in [-0.39, 0.29) is 12.7 Å². The van der Waals surface area contributed by atoms with Gasteiger partial charge in [0.25, 0.3) is 0 Å². The van der Waals surface area contributed by atoms with Crippen molar-refractivity contribution in [1.82, 2.24) is 19.5 Å². The summed E-state index contributed by atoms with van der Waals surface area (Å²) in [7, 11) is 3.12. The maximum Gasteiger partial charge on any atom is 0.167 e. The number of aromatic nitrogens is 4. The number of hydrogen-bond acceptors (Lipinski definition) is 8. The lowest BCUT2D eigenvalue weighted by molar-refractivity contribution is -0.0583. The number of anilines is 1. The Morgan fingerprint density at radius 3 is 2.71 bits per heavy atom. The summed E-state index contributed by atoms with van der Waals surface area (Å²) in [5, 5.41) is 9.42. The molecule has 0 aliphatic carbocycles. The molecule has 1 aliphatic heterocycles. The Morgan fingerprint density at radius 1 is 1.29 bits per heavy atom. The van der Waals surface area contributed by atoms with Gasteiger partial charge in [0.1, 0.15) is 30.2 Å². The predicted molar refractivity (Wildman–Crippen MR) is 72.3 cm³/mol. The van der Waals surface area contributed by atoms with Crippen LogP contribution < -0.4 is 5.73 Å².